The van der Waals surface area contributed by atoms with Gasteiger partial charge in [-0.3, -0.25) is 0 Å². The molecule has 1 aromatic rings. The van der Waals surface area contributed by atoms with Gasteiger partial charge in [-0.05, 0) is 42.0 Å². The molecule has 1 aromatic carbocycles. The SMILES string of the molecule is CC(C)(C)CC(N)Cc1cc(F)ccc1Br. The normalized spacial score (nSPS) is 13.9. The molecule has 1 rings (SSSR count). The summed E-state index contributed by atoms with van der Waals surface area (Å²) in [5, 5.41) is 0. The van der Waals surface area contributed by atoms with Crippen LogP contribution in [0.25, 0.3) is 0 Å². The van der Waals surface area contributed by atoms with E-state index in [0.717, 1.165) is 16.5 Å². The van der Waals surface area contributed by atoms with Crippen LogP contribution in [0.5, 0.6) is 0 Å². The van der Waals surface area contributed by atoms with Crippen LogP contribution in [0, 0.1) is 11.2 Å². The van der Waals surface area contributed by atoms with Crippen molar-refractivity contribution in [1.82, 2.24) is 0 Å². The summed E-state index contributed by atoms with van der Waals surface area (Å²) in [4.78, 5) is 0. The monoisotopic (exact) mass is 287 g/mol. The van der Waals surface area contributed by atoms with Crippen molar-refractivity contribution in [3.05, 3.63) is 34.1 Å². The molecule has 3 heteroatoms. The molecule has 0 amide bonds. The quantitative estimate of drug-likeness (QED) is 0.897. The molecule has 1 nitrogen and oxygen atoms in total. The zero-order valence-corrected chi connectivity index (χ0v) is 11.6. The highest BCUT2D eigenvalue weighted by Crippen LogP contribution is 2.24. The van der Waals surface area contributed by atoms with Crippen LogP contribution in [0.3, 0.4) is 0 Å². The second-order valence-corrected chi connectivity index (χ2v) is 6.32. The highest BCUT2D eigenvalue weighted by molar-refractivity contribution is 9.10. The van der Waals surface area contributed by atoms with Gasteiger partial charge in [0.15, 0.2) is 0 Å². The van der Waals surface area contributed by atoms with E-state index >= 15 is 0 Å². The summed E-state index contributed by atoms with van der Waals surface area (Å²) in [6.07, 6.45) is 1.63. The van der Waals surface area contributed by atoms with Crippen molar-refractivity contribution in [2.24, 2.45) is 11.1 Å². The lowest BCUT2D eigenvalue weighted by molar-refractivity contribution is 0.338. The first kappa shape index (κ1) is 13.7. The lowest BCUT2D eigenvalue weighted by atomic mass is 9.86. The third kappa shape index (κ3) is 4.62. The van der Waals surface area contributed by atoms with Gasteiger partial charge in [-0.1, -0.05) is 36.7 Å². The van der Waals surface area contributed by atoms with Crippen molar-refractivity contribution < 1.29 is 4.39 Å². The minimum atomic E-state index is -0.207. The van der Waals surface area contributed by atoms with Gasteiger partial charge in [0, 0.05) is 10.5 Å². The van der Waals surface area contributed by atoms with E-state index in [2.05, 4.69) is 36.7 Å². The van der Waals surface area contributed by atoms with Gasteiger partial charge in [0.1, 0.15) is 5.82 Å². The van der Waals surface area contributed by atoms with Crippen LogP contribution in [0.15, 0.2) is 22.7 Å². The van der Waals surface area contributed by atoms with Gasteiger partial charge < -0.3 is 5.73 Å². The van der Waals surface area contributed by atoms with Gasteiger partial charge in [0.05, 0.1) is 0 Å². The molecule has 0 saturated carbocycles. The maximum absolute atomic E-state index is 13.1. The number of hydrogen-bond donors (Lipinski definition) is 1. The molecule has 0 aromatic heterocycles. The summed E-state index contributed by atoms with van der Waals surface area (Å²) in [6.45, 7) is 6.48. The van der Waals surface area contributed by atoms with Gasteiger partial charge in [0.2, 0.25) is 0 Å². The van der Waals surface area contributed by atoms with E-state index in [4.69, 9.17) is 5.73 Å². The molecule has 90 valence electrons. The highest BCUT2D eigenvalue weighted by Gasteiger charge is 2.16. The molecule has 2 N–H and O–H groups in total. The van der Waals surface area contributed by atoms with E-state index in [1.165, 1.54) is 6.07 Å². The largest absolute Gasteiger partial charge is 0.327 e. The molecule has 0 bridgehead atoms. The molecule has 1 atom stereocenters. The van der Waals surface area contributed by atoms with Crippen LogP contribution in [-0.2, 0) is 6.42 Å². The number of hydrogen-bond acceptors (Lipinski definition) is 1. The molecule has 0 aliphatic carbocycles. The topological polar surface area (TPSA) is 26.0 Å². The summed E-state index contributed by atoms with van der Waals surface area (Å²) in [6, 6.07) is 4.79. The van der Waals surface area contributed by atoms with Crippen molar-refractivity contribution >= 4 is 15.9 Å². The van der Waals surface area contributed by atoms with Crippen molar-refractivity contribution in [2.75, 3.05) is 0 Å². The van der Waals surface area contributed by atoms with Crippen molar-refractivity contribution in [3.8, 4) is 0 Å². The average molecular weight is 288 g/mol. The Morgan fingerprint density at radius 2 is 2.00 bits per heavy atom. The molecule has 0 aliphatic rings. The lowest BCUT2D eigenvalue weighted by Crippen LogP contribution is -2.28. The number of benzene rings is 1. The van der Waals surface area contributed by atoms with E-state index in [9.17, 15) is 4.39 Å². The van der Waals surface area contributed by atoms with Gasteiger partial charge in [0.25, 0.3) is 0 Å². The Morgan fingerprint density at radius 1 is 1.38 bits per heavy atom. The van der Waals surface area contributed by atoms with Crippen LogP contribution in [0.2, 0.25) is 0 Å². The minimum Gasteiger partial charge on any atom is -0.327 e. The van der Waals surface area contributed by atoms with Crippen molar-refractivity contribution in [2.45, 2.75) is 39.7 Å². The van der Waals surface area contributed by atoms with Crippen LogP contribution in [-0.4, -0.2) is 6.04 Å². The van der Waals surface area contributed by atoms with Crippen molar-refractivity contribution in [1.29, 1.82) is 0 Å². The highest BCUT2D eigenvalue weighted by atomic mass is 79.9. The number of halogens is 2. The van der Waals surface area contributed by atoms with E-state index in [1.807, 2.05) is 0 Å². The third-order valence-electron chi connectivity index (χ3n) is 2.36. The molecule has 0 aliphatic heterocycles. The summed E-state index contributed by atoms with van der Waals surface area (Å²) < 4.78 is 14.0. The van der Waals surface area contributed by atoms with Gasteiger partial charge in [-0.2, -0.15) is 0 Å². The molecular weight excluding hydrogens is 269 g/mol. The van der Waals surface area contributed by atoms with Crippen molar-refractivity contribution in [3.63, 3.8) is 0 Å². The maximum atomic E-state index is 13.1. The first-order valence-electron chi connectivity index (χ1n) is 5.47. The minimum absolute atomic E-state index is 0.0677. The zero-order valence-electron chi connectivity index (χ0n) is 10.1. The number of nitrogens with two attached hydrogens (primary N) is 1. The fourth-order valence-corrected chi connectivity index (χ4v) is 2.25. The molecule has 0 heterocycles. The Morgan fingerprint density at radius 3 is 2.56 bits per heavy atom. The molecule has 16 heavy (non-hydrogen) atoms. The van der Waals surface area contributed by atoms with Gasteiger partial charge in [-0.25, -0.2) is 4.39 Å². The van der Waals surface area contributed by atoms with E-state index in [0.29, 0.717) is 6.42 Å². The summed E-state index contributed by atoms with van der Waals surface area (Å²) in [5.74, 6) is -0.207. The standard InChI is InChI=1S/C13H19BrFN/c1-13(2,3)8-11(16)7-9-6-10(15)4-5-12(9)14/h4-6,11H,7-8,16H2,1-3H3. The van der Waals surface area contributed by atoms with Gasteiger partial charge in [-0.15, -0.1) is 0 Å². The Hall–Kier alpha value is -0.410. The Bertz CT molecular complexity index is 357. The lowest BCUT2D eigenvalue weighted by Gasteiger charge is -2.23. The molecule has 0 saturated heterocycles. The molecule has 0 fully saturated rings. The molecule has 1 unspecified atom stereocenters. The Labute approximate surface area is 105 Å². The Kier molecular flexibility index (Phi) is 4.51. The second-order valence-electron chi connectivity index (χ2n) is 5.46. The predicted molar refractivity (Wildman–Crippen MR) is 69.9 cm³/mol. The Balaban J connectivity index is 2.69. The zero-order chi connectivity index (χ0) is 12.3. The fraction of sp³-hybridized carbons (Fsp3) is 0.538. The average Bonchev–Trinajstić information content (AvgIpc) is 2.08. The predicted octanol–water partition coefficient (Wildman–Crippen LogP) is 3.89. The maximum Gasteiger partial charge on any atom is 0.123 e. The van der Waals surface area contributed by atoms with E-state index in [-0.39, 0.29) is 17.3 Å². The van der Waals surface area contributed by atoms with E-state index in [1.54, 1.807) is 12.1 Å². The van der Waals surface area contributed by atoms with Crippen LogP contribution in [0.4, 0.5) is 4.39 Å². The van der Waals surface area contributed by atoms with Crippen LogP contribution < -0.4 is 5.73 Å². The van der Waals surface area contributed by atoms with Gasteiger partial charge >= 0.3 is 0 Å². The molecule has 0 radical (unpaired) electrons. The third-order valence-corrected chi connectivity index (χ3v) is 3.14. The summed E-state index contributed by atoms with van der Waals surface area (Å²) in [7, 11) is 0. The number of rotatable bonds is 3. The van der Waals surface area contributed by atoms with E-state index < -0.39 is 0 Å². The molecular formula is C13H19BrFN. The second kappa shape index (κ2) is 5.28. The summed E-state index contributed by atoms with van der Waals surface area (Å²) in [5.41, 5.74) is 7.22. The van der Waals surface area contributed by atoms with Crippen LogP contribution in [0.1, 0.15) is 32.8 Å². The fourth-order valence-electron chi connectivity index (χ4n) is 1.84. The smallest absolute Gasteiger partial charge is 0.123 e. The molecule has 0 spiro atoms. The van der Waals surface area contributed by atoms with Crippen LogP contribution >= 0.6 is 15.9 Å². The summed E-state index contributed by atoms with van der Waals surface area (Å²) >= 11 is 3.42. The first-order chi connectivity index (χ1) is 7.28. The first-order valence-corrected chi connectivity index (χ1v) is 6.27.